The van der Waals surface area contributed by atoms with Crippen LogP contribution in [-0.2, 0) is 11.2 Å². The highest BCUT2D eigenvalue weighted by molar-refractivity contribution is 9.10. The van der Waals surface area contributed by atoms with E-state index in [4.69, 9.17) is 4.74 Å². The summed E-state index contributed by atoms with van der Waals surface area (Å²) >= 11 is 5.05. The van der Waals surface area contributed by atoms with Crippen molar-refractivity contribution in [2.45, 2.75) is 12.5 Å². The summed E-state index contributed by atoms with van der Waals surface area (Å²) in [5.41, 5.74) is 2.19. The first-order valence-corrected chi connectivity index (χ1v) is 9.97. The quantitative estimate of drug-likeness (QED) is 0.601. The number of halogens is 2. The molecule has 1 fully saturated rings. The molecule has 26 heavy (non-hydrogen) atoms. The van der Waals surface area contributed by atoms with Gasteiger partial charge in [-0.15, -0.1) is 10.2 Å². The maximum absolute atomic E-state index is 13.0. The van der Waals surface area contributed by atoms with Crippen molar-refractivity contribution in [1.82, 2.24) is 10.2 Å². The van der Waals surface area contributed by atoms with E-state index in [2.05, 4.69) is 43.2 Å². The van der Waals surface area contributed by atoms with Crippen molar-refractivity contribution in [3.63, 3.8) is 0 Å². The normalized spacial score (nSPS) is 17.5. The Morgan fingerprint density at radius 1 is 1.12 bits per heavy atom. The molecular weight excluding hydrogens is 417 g/mol. The molecule has 3 aromatic rings. The lowest BCUT2D eigenvalue weighted by molar-refractivity contribution is 0.0397. The minimum absolute atomic E-state index is 0.0290. The third-order valence-corrected chi connectivity index (χ3v) is 5.82. The van der Waals surface area contributed by atoms with Crippen molar-refractivity contribution < 1.29 is 9.13 Å². The zero-order valence-electron chi connectivity index (χ0n) is 13.9. The van der Waals surface area contributed by atoms with Gasteiger partial charge in [0.05, 0.1) is 13.2 Å². The van der Waals surface area contributed by atoms with Crippen LogP contribution in [0.4, 0.5) is 9.52 Å². The molecule has 1 aliphatic rings. The number of rotatable bonds is 4. The van der Waals surface area contributed by atoms with Crippen LogP contribution >= 0.6 is 27.3 Å². The third kappa shape index (κ3) is 4.11. The van der Waals surface area contributed by atoms with Gasteiger partial charge in [0, 0.05) is 17.4 Å². The molecule has 2 aromatic carbocycles. The zero-order chi connectivity index (χ0) is 17.9. The van der Waals surface area contributed by atoms with Crippen molar-refractivity contribution >= 4 is 32.4 Å². The Morgan fingerprint density at radius 2 is 1.88 bits per heavy atom. The van der Waals surface area contributed by atoms with E-state index >= 15 is 0 Å². The molecule has 0 bridgehead atoms. The molecule has 7 heteroatoms. The van der Waals surface area contributed by atoms with Crippen LogP contribution in [0.25, 0.3) is 0 Å². The van der Waals surface area contributed by atoms with Crippen LogP contribution in [0.5, 0.6) is 0 Å². The number of hydrogen-bond acceptors (Lipinski definition) is 5. The van der Waals surface area contributed by atoms with E-state index < -0.39 is 0 Å². The smallest absolute Gasteiger partial charge is 0.208 e. The summed E-state index contributed by atoms with van der Waals surface area (Å²) in [5, 5.41) is 10.5. The first-order valence-electron chi connectivity index (χ1n) is 8.36. The molecule has 4 rings (SSSR count). The molecule has 0 saturated carbocycles. The molecular formula is C19H17BrFN3OS. The molecule has 1 unspecified atom stereocenters. The maximum atomic E-state index is 13.0. The number of ether oxygens (including phenoxy) is 1. The third-order valence-electron chi connectivity index (χ3n) is 4.30. The van der Waals surface area contributed by atoms with Gasteiger partial charge in [-0.25, -0.2) is 4.39 Å². The van der Waals surface area contributed by atoms with Crippen LogP contribution in [0.3, 0.4) is 0 Å². The molecule has 0 amide bonds. The summed E-state index contributed by atoms with van der Waals surface area (Å²) in [6, 6.07) is 14.7. The fraction of sp³-hybridized carbons (Fsp3) is 0.263. The summed E-state index contributed by atoms with van der Waals surface area (Å²) in [5.74, 6) is -0.223. The lowest BCUT2D eigenvalue weighted by Gasteiger charge is -2.32. The van der Waals surface area contributed by atoms with E-state index in [9.17, 15) is 4.39 Å². The first-order chi connectivity index (χ1) is 12.7. The monoisotopic (exact) mass is 433 g/mol. The van der Waals surface area contributed by atoms with Crippen LogP contribution in [-0.4, -0.2) is 29.9 Å². The summed E-state index contributed by atoms with van der Waals surface area (Å²) in [6.07, 6.45) is 0.694. The van der Waals surface area contributed by atoms with Gasteiger partial charge in [-0.2, -0.15) is 0 Å². The molecule has 0 aliphatic carbocycles. The van der Waals surface area contributed by atoms with E-state index in [1.165, 1.54) is 12.1 Å². The maximum Gasteiger partial charge on any atom is 0.208 e. The topological polar surface area (TPSA) is 38.2 Å². The van der Waals surface area contributed by atoms with Crippen molar-refractivity contribution in [2.75, 3.05) is 24.6 Å². The number of anilines is 1. The van der Waals surface area contributed by atoms with Gasteiger partial charge < -0.3 is 9.64 Å². The summed E-state index contributed by atoms with van der Waals surface area (Å²) < 4.78 is 20.0. The van der Waals surface area contributed by atoms with Crippen LogP contribution in [0.1, 0.15) is 22.2 Å². The van der Waals surface area contributed by atoms with Crippen LogP contribution in [0.2, 0.25) is 0 Å². The zero-order valence-corrected chi connectivity index (χ0v) is 16.3. The van der Waals surface area contributed by atoms with Gasteiger partial charge in [0.25, 0.3) is 0 Å². The van der Waals surface area contributed by atoms with Crippen LogP contribution < -0.4 is 4.90 Å². The molecule has 1 aliphatic heterocycles. The fourth-order valence-electron chi connectivity index (χ4n) is 2.92. The molecule has 0 N–H and O–H groups in total. The number of hydrogen-bond donors (Lipinski definition) is 0. The van der Waals surface area contributed by atoms with E-state index in [-0.39, 0.29) is 11.9 Å². The van der Waals surface area contributed by atoms with Gasteiger partial charge >= 0.3 is 0 Å². The average molecular weight is 434 g/mol. The Morgan fingerprint density at radius 3 is 2.65 bits per heavy atom. The van der Waals surface area contributed by atoms with Crippen molar-refractivity contribution in [3.05, 3.63) is 75.0 Å². The highest BCUT2D eigenvalue weighted by atomic mass is 79.9. The van der Waals surface area contributed by atoms with Crippen molar-refractivity contribution in [1.29, 1.82) is 0 Å². The van der Waals surface area contributed by atoms with Crippen LogP contribution in [0, 0.1) is 5.82 Å². The molecule has 4 nitrogen and oxygen atoms in total. The SMILES string of the molecule is Fc1ccc(Cc2nnc(N3CCOC(c4ccc(Br)cc4)C3)s2)cc1. The van der Waals surface area contributed by atoms with Gasteiger partial charge in [0.2, 0.25) is 5.13 Å². The number of nitrogens with zero attached hydrogens (tertiary/aromatic N) is 3. The van der Waals surface area contributed by atoms with E-state index in [0.29, 0.717) is 13.0 Å². The second kappa shape index (κ2) is 7.82. The minimum Gasteiger partial charge on any atom is -0.370 e. The Kier molecular flexibility index (Phi) is 5.28. The lowest BCUT2D eigenvalue weighted by atomic mass is 10.1. The highest BCUT2D eigenvalue weighted by Gasteiger charge is 2.24. The molecule has 1 atom stereocenters. The van der Waals surface area contributed by atoms with E-state index in [0.717, 1.165) is 38.8 Å². The first kappa shape index (κ1) is 17.6. The Labute approximate surface area is 163 Å². The van der Waals surface area contributed by atoms with Gasteiger partial charge in [0.1, 0.15) is 16.9 Å². The molecule has 0 spiro atoms. The predicted molar refractivity (Wildman–Crippen MR) is 104 cm³/mol. The van der Waals surface area contributed by atoms with Gasteiger partial charge in [-0.3, -0.25) is 0 Å². The largest absolute Gasteiger partial charge is 0.370 e. The standard InChI is InChI=1S/C19H17BrFN3OS/c20-15-5-3-14(4-6-15)17-12-24(9-10-25-17)19-23-22-18(26-19)11-13-1-7-16(21)8-2-13/h1-8,17H,9-12H2. The summed E-state index contributed by atoms with van der Waals surface area (Å²) in [7, 11) is 0. The van der Waals surface area contributed by atoms with Gasteiger partial charge in [-0.1, -0.05) is 51.5 Å². The summed E-state index contributed by atoms with van der Waals surface area (Å²) in [6.45, 7) is 2.22. The lowest BCUT2D eigenvalue weighted by Crippen LogP contribution is -2.38. The molecule has 1 saturated heterocycles. The predicted octanol–water partition coefficient (Wildman–Crippen LogP) is 4.61. The highest BCUT2D eigenvalue weighted by Crippen LogP contribution is 2.29. The Balaban J connectivity index is 1.44. The second-order valence-corrected chi connectivity index (χ2v) is 8.09. The Hall–Kier alpha value is -1.83. The van der Waals surface area contributed by atoms with E-state index in [1.54, 1.807) is 23.5 Å². The van der Waals surface area contributed by atoms with Crippen molar-refractivity contribution in [2.24, 2.45) is 0 Å². The minimum atomic E-state index is -0.223. The van der Waals surface area contributed by atoms with E-state index in [1.807, 2.05) is 12.1 Å². The number of morpholine rings is 1. The number of benzene rings is 2. The van der Waals surface area contributed by atoms with Gasteiger partial charge in [-0.05, 0) is 35.4 Å². The molecule has 2 heterocycles. The fourth-order valence-corrected chi connectivity index (χ4v) is 4.10. The number of aromatic nitrogens is 2. The second-order valence-electron chi connectivity index (χ2n) is 6.14. The van der Waals surface area contributed by atoms with Crippen LogP contribution in [0.15, 0.2) is 53.0 Å². The molecule has 134 valence electrons. The summed E-state index contributed by atoms with van der Waals surface area (Å²) in [4.78, 5) is 2.22. The van der Waals surface area contributed by atoms with Crippen molar-refractivity contribution in [3.8, 4) is 0 Å². The average Bonchev–Trinajstić information content (AvgIpc) is 3.13. The van der Waals surface area contributed by atoms with Gasteiger partial charge in [0.15, 0.2) is 0 Å². The Bertz CT molecular complexity index is 869. The molecule has 0 radical (unpaired) electrons. The molecule has 1 aromatic heterocycles.